The number of carboxylic acids is 1. The molecule has 1 amide bonds. The number of aliphatic hydroxyl groups excluding tert-OH is 4. The Morgan fingerprint density at radius 2 is 1.49 bits per heavy atom. The van der Waals surface area contributed by atoms with E-state index in [4.69, 9.17) is 66.6 Å². The summed E-state index contributed by atoms with van der Waals surface area (Å²) >= 11 is 0. The Morgan fingerprint density at radius 1 is 0.843 bits per heavy atom. The second kappa shape index (κ2) is 22.3. The topological polar surface area (TPSA) is 402 Å². The number of hydrogen-bond donors (Lipinski definition) is 10. The molecule has 3 aliphatic heterocycles. The van der Waals surface area contributed by atoms with Crippen LogP contribution in [-0.4, -0.2) is 197 Å². The van der Waals surface area contributed by atoms with Gasteiger partial charge in [-0.1, -0.05) is 0 Å². The largest absolute Gasteiger partial charge is 0.492 e. The highest BCUT2D eigenvalue weighted by Crippen LogP contribution is 2.44. The Morgan fingerprint density at radius 3 is 2.10 bits per heavy atom. The fourth-order valence-corrected chi connectivity index (χ4v) is 9.32. The number of carbonyl (C=O) groups excluding carboxylic acids is 3. The van der Waals surface area contributed by atoms with Crippen molar-refractivity contribution in [2.45, 2.75) is 143 Å². The first-order valence-electron chi connectivity index (χ1n) is 23.0. The summed E-state index contributed by atoms with van der Waals surface area (Å²) in [4.78, 5) is 66.1. The first kappa shape index (κ1) is 52.9. The van der Waals surface area contributed by atoms with Crippen molar-refractivity contribution >= 4 is 40.6 Å². The fraction of sp³-hybridized carbons (Fsp3) is 0.698. The normalized spacial score (nSPS) is 33.7. The lowest BCUT2D eigenvalue weighted by Gasteiger charge is -2.47. The standard InChI is InChI=1S/C43H63FN8O18/c1-17-13-50(32-21(44)9-19-31(39(32)63-2)52(18-3-4-18)14-20(33(19)56)40(60)61)7-8-51(17)43(62)66-16-65-29(55)6-5-28(54)64-15-27-34(57)30(49)35(58)42(68-27)70-38-23(47)10-22(46)37(36(38)59)69-41-24(48)11-25(53)26(12-45)67-41/h9,14,17-18,22-27,30,34-38,41-42,53,57-59H,3-8,10-13,15-16,45-49H2,1-2H3,(H,60,61)/t17?,22-,23+,24+,25-,26+,27+,30-,34+,35+,36-,37+,38-,41+,42+/m0/s1. The molecule has 70 heavy (non-hydrogen) atoms. The van der Waals surface area contributed by atoms with Crippen molar-refractivity contribution in [3.8, 4) is 5.75 Å². The molecule has 1 aromatic heterocycles. The molecule has 1 unspecified atom stereocenters. The van der Waals surface area contributed by atoms with Gasteiger partial charge in [0, 0.05) is 56.5 Å². The minimum absolute atomic E-state index is 0.0217. The molecule has 15 atom stereocenters. The molecule has 4 heterocycles. The molecule has 3 saturated heterocycles. The number of carboxylic acid groups (broad SMARTS) is 1. The van der Waals surface area contributed by atoms with Crippen molar-refractivity contribution < 1.29 is 87.0 Å². The van der Waals surface area contributed by atoms with Crippen LogP contribution >= 0.6 is 0 Å². The second-order valence-electron chi connectivity index (χ2n) is 18.3. The molecule has 5 aliphatic rings. The number of anilines is 1. The van der Waals surface area contributed by atoms with Crippen LogP contribution in [-0.2, 0) is 42.7 Å². The van der Waals surface area contributed by atoms with E-state index in [1.807, 2.05) is 0 Å². The smallest absolute Gasteiger partial charge is 0.413 e. The van der Waals surface area contributed by atoms with Gasteiger partial charge < -0.3 is 106 Å². The molecule has 15 N–H and O–H groups in total. The van der Waals surface area contributed by atoms with Crippen molar-refractivity contribution in [3.05, 3.63) is 33.9 Å². The summed E-state index contributed by atoms with van der Waals surface area (Å²) in [5.74, 6) is -4.03. The number of fused-ring (bicyclic) bond motifs is 1. The van der Waals surface area contributed by atoms with E-state index in [1.54, 1.807) is 16.4 Å². The van der Waals surface area contributed by atoms with Crippen LogP contribution in [0.1, 0.15) is 61.8 Å². The number of halogens is 1. The highest BCUT2D eigenvalue weighted by Gasteiger charge is 2.51. The van der Waals surface area contributed by atoms with Gasteiger partial charge in [-0.15, -0.1) is 0 Å². The van der Waals surface area contributed by atoms with Gasteiger partial charge in [-0.2, -0.15) is 0 Å². The summed E-state index contributed by atoms with van der Waals surface area (Å²) in [5.41, 5.74) is 29.5. The molecule has 27 heteroatoms. The van der Waals surface area contributed by atoms with E-state index in [1.165, 1.54) is 18.2 Å². The predicted molar refractivity (Wildman–Crippen MR) is 237 cm³/mol. The van der Waals surface area contributed by atoms with Crippen LogP contribution in [0.2, 0.25) is 0 Å². The van der Waals surface area contributed by atoms with Crippen LogP contribution in [0, 0.1) is 5.82 Å². The van der Waals surface area contributed by atoms with E-state index < -0.39 is 159 Å². The van der Waals surface area contributed by atoms with Crippen molar-refractivity contribution in [2.24, 2.45) is 28.7 Å². The number of nitrogens with zero attached hydrogens (tertiary/aromatic N) is 3. The van der Waals surface area contributed by atoms with E-state index in [9.17, 15) is 49.5 Å². The van der Waals surface area contributed by atoms with Gasteiger partial charge in [0.2, 0.25) is 12.2 Å². The molecule has 0 bridgehead atoms. The Hall–Kier alpha value is -4.88. The summed E-state index contributed by atoms with van der Waals surface area (Å²) in [5, 5.41) is 52.7. The predicted octanol–water partition coefficient (Wildman–Crippen LogP) is -3.62. The average Bonchev–Trinajstić information content (AvgIpc) is 4.16. The van der Waals surface area contributed by atoms with Crippen molar-refractivity contribution in [3.63, 3.8) is 0 Å². The number of amides is 1. The molecule has 2 saturated carbocycles. The van der Waals surface area contributed by atoms with Gasteiger partial charge in [-0.25, -0.2) is 14.0 Å². The number of aliphatic hydroxyl groups is 4. The van der Waals surface area contributed by atoms with Crippen LogP contribution in [0.15, 0.2) is 17.1 Å². The molecule has 26 nitrogen and oxygen atoms in total. The number of hydrogen-bond acceptors (Lipinski definition) is 23. The molecule has 390 valence electrons. The van der Waals surface area contributed by atoms with E-state index >= 15 is 4.39 Å². The van der Waals surface area contributed by atoms with E-state index in [-0.39, 0.29) is 67.4 Å². The zero-order chi connectivity index (χ0) is 50.9. The Labute approximate surface area is 399 Å². The van der Waals surface area contributed by atoms with Crippen LogP contribution < -0.4 is 43.7 Å². The molecule has 2 aliphatic carbocycles. The van der Waals surface area contributed by atoms with Crippen molar-refractivity contribution in [1.29, 1.82) is 0 Å². The van der Waals surface area contributed by atoms with Crippen LogP contribution in [0.4, 0.5) is 14.9 Å². The number of benzene rings is 1. The number of esters is 2. The SMILES string of the molecule is COc1c(N2CCN(C(=O)OCOC(=O)CCC(=O)OC[C@H]3O[C@H](O[C@@H]4[C@@H](O)[C@H](O[C@H]5O[C@H](CN)[C@@H](O)C[C@H]5N)[C@@H](N)C[C@H]4N)[C@H](O)[C@@H](N)[C@@H]3O)C(C)C2)c(F)cc2c(=O)c(C(=O)O)cn(C3CC3)c12. The van der Waals surface area contributed by atoms with Gasteiger partial charge in [0.15, 0.2) is 24.1 Å². The number of pyridine rings is 1. The molecule has 7 rings (SSSR count). The molecular weight excluding hydrogens is 936 g/mol. The lowest BCUT2D eigenvalue weighted by Crippen LogP contribution is -2.68. The minimum atomic E-state index is -1.65. The van der Waals surface area contributed by atoms with Gasteiger partial charge in [0.05, 0.1) is 55.1 Å². The number of aromatic nitrogens is 1. The van der Waals surface area contributed by atoms with E-state index in [0.29, 0.717) is 0 Å². The minimum Gasteiger partial charge on any atom is -0.492 e. The summed E-state index contributed by atoms with van der Waals surface area (Å²) < 4.78 is 61.9. The fourth-order valence-electron chi connectivity index (χ4n) is 9.32. The maximum absolute atomic E-state index is 15.9. The third-order valence-corrected chi connectivity index (χ3v) is 13.3. The first-order chi connectivity index (χ1) is 33.2. The van der Waals surface area contributed by atoms with Crippen molar-refractivity contribution in [2.75, 3.05) is 51.6 Å². The number of aromatic carboxylic acids is 1. The van der Waals surface area contributed by atoms with Gasteiger partial charge in [-0.05, 0) is 38.7 Å². The van der Waals surface area contributed by atoms with Crippen LogP contribution in [0.3, 0.4) is 0 Å². The average molecular weight is 999 g/mol. The summed E-state index contributed by atoms with van der Waals surface area (Å²) in [6.45, 7) is 0.501. The molecule has 5 fully saturated rings. The van der Waals surface area contributed by atoms with Crippen LogP contribution in [0.5, 0.6) is 5.75 Å². The van der Waals surface area contributed by atoms with E-state index in [2.05, 4.69) is 0 Å². The zero-order valence-electron chi connectivity index (χ0n) is 38.5. The number of carbonyl (C=O) groups is 4. The number of piperazine rings is 1. The molecule has 2 aromatic rings. The highest BCUT2D eigenvalue weighted by molar-refractivity contribution is 5.97. The quantitative estimate of drug-likeness (QED) is 0.0573. The Bertz CT molecular complexity index is 2290. The maximum atomic E-state index is 15.9. The third-order valence-electron chi connectivity index (χ3n) is 13.3. The zero-order valence-corrected chi connectivity index (χ0v) is 38.5. The molecular formula is C43H63FN8O18. The number of methoxy groups -OCH3 is 1. The highest BCUT2D eigenvalue weighted by atomic mass is 19.1. The maximum Gasteiger partial charge on any atom is 0.413 e. The summed E-state index contributed by atoms with van der Waals surface area (Å²) in [6, 6.07) is -3.55. The number of nitrogens with two attached hydrogens (primary N) is 5. The Kier molecular flexibility index (Phi) is 16.8. The van der Waals surface area contributed by atoms with Gasteiger partial charge in [0.1, 0.15) is 54.5 Å². The van der Waals surface area contributed by atoms with Gasteiger partial charge >= 0.3 is 24.0 Å². The molecule has 0 radical (unpaired) electrons. The molecule has 0 spiro atoms. The van der Waals surface area contributed by atoms with Crippen LogP contribution in [0.25, 0.3) is 10.9 Å². The van der Waals surface area contributed by atoms with E-state index in [0.717, 1.165) is 18.9 Å². The van der Waals surface area contributed by atoms with Crippen molar-refractivity contribution in [1.82, 2.24) is 9.47 Å². The third kappa shape index (κ3) is 11.3. The summed E-state index contributed by atoms with van der Waals surface area (Å²) in [7, 11) is 1.32. The molecule has 1 aromatic carbocycles. The second-order valence-corrected chi connectivity index (χ2v) is 18.3. The lowest BCUT2D eigenvalue weighted by atomic mass is 9.84. The van der Waals surface area contributed by atoms with Gasteiger partial charge in [0.25, 0.3) is 0 Å². The number of ether oxygens (including phenoxy) is 8. The monoisotopic (exact) mass is 998 g/mol. The first-order valence-corrected chi connectivity index (χ1v) is 23.0. The summed E-state index contributed by atoms with van der Waals surface area (Å²) in [6.07, 6.45) is -11.8. The lowest BCUT2D eigenvalue weighted by molar-refractivity contribution is -0.315. The number of rotatable bonds is 16. The van der Waals surface area contributed by atoms with Gasteiger partial charge in [-0.3, -0.25) is 14.4 Å². The Balaban J connectivity index is 0.857.